The molecule has 2 aromatic carbocycles. The molecule has 0 fully saturated rings. The lowest BCUT2D eigenvalue weighted by Crippen LogP contribution is -1.85. The zero-order valence-electron chi connectivity index (χ0n) is 9.84. The van der Waals surface area contributed by atoms with Gasteiger partial charge in [0.05, 0.1) is 5.69 Å². The number of thioether (sulfide) groups is 1. The van der Waals surface area contributed by atoms with Crippen LogP contribution >= 0.6 is 11.8 Å². The zero-order chi connectivity index (χ0) is 11.9. The molecule has 1 nitrogen and oxygen atoms in total. The molecule has 0 saturated heterocycles. The van der Waals surface area contributed by atoms with Gasteiger partial charge in [0.25, 0.3) is 0 Å². The molecule has 2 heteroatoms. The molecule has 0 aliphatic heterocycles. The summed E-state index contributed by atoms with van der Waals surface area (Å²) in [7, 11) is 0. The molecule has 0 unspecified atom stereocenters. The number of benzene rings is 2. The first-order valence-corrected chi connectivity index (χ1v) is 6.69. The third-order valence-electron chi connectivity index (χ3n) is 2.33. The summed E-state index contributed by atoms with van der Waals surface area (Å²) in [4.78, 5) is 5.77. The number of para-hydroxylation sites is 1. The Kier molecular flexibility index (Phi) is 4.39. The molecule has 86 valence electrons. The minimum absolute atomic E-state index is 0.990. The maximum absolute atomic E-state index is 4.48. The third kappa shape index (κ3) is 3.46. The second-order valence-corrected chi connectivity index (χ2v) is 4.87. The first-order valence-electron chi connectivity index (χ1n) is 5.71. The number of rotatable bonds is 4. The Morgan fingerprint density at radius 1 is 1.00 bits per heavy atom. The van der Waals surface area contributed by atoms with Crippen molar-refractivity contribution in [2.24, 2.45) is 4.99 Å². The lowest BCUT2D eigenvalue weighted by Gasteiger charge is -2.02. The van der Waals surface area contributed by atoms with E-state index in [-0.39, 0.29) is 0 Å². The van der Waals surface area contributed by atoms with Crippen LogP contribution in [0.4, 0.5) is 5.69 Å². The predicted octanol–water partition coefficient (Wildman–Crippen LogP) is 4.55. The summed E-state index contributed by atoms with van der Waals surface area (Å²) < 4.78 is 0. The Balaban J connectivity index is 2.21. The lowest BCUT2D eigenvalue weighted by atomic mass is 10.2. The van der Waals surface area contributed by atoms with Crippen molar-refractivity contribution in [2.45, 2.75) is 11.8 Å². The van der Waals surface area contributed by atoms with Crippen LogP contribution in [0.25, 0.3) is 0 Å². The highest BCUT2D eigenvalue weighted by atomic mass is 32.2. The third-order valence-corrected chi connectivity index (χ3v) is 3.30. The van der Waals surface area contributed by atoms with E-state index in [1.165, 1.54) is 10.5 Å². The predicted molar refractivity (Wildman–Crippen MR) is 76.5 cm³/mol. The molecule has 0 atom stereocenters. The van der Waals surface area contributed by atoms with Crippen molar-refractivity contribution in [3.8, 4) is 0 Å². The maximum atomic E-state index is 4.48. The van der Waals surface area contributed by atoms with Crippen molar-refractivity contribution in [3.63, 3.8) is 0 Å². The molecule has 0 bridgehead atoms. The van der Waals surface area contributed by atoms with E-state index in [4.69, 9.17) is 0 Å². The first kappa shape index (κ1) is 11.9. The fourth-order valence-electron chi connectivity index (χ4n) is 1.53. The van der Waals surface area contributed by atoms with E-state index < -0.39 is 0 Å². The molecular formula is C15H15NS. The Labute approximate surface area is 107 Å². The smallest absolute Gasteiger partial charge is 0.0629 e. The number of nitrogens with zero attached hydrogens (tertiary/aromatic N) is 1. The van der Waals surface area contributed by atoms with E-state index in [0.29, 0.717) is 0 Å². The quantitative estimate of drug-likeness (QED) is 0.565. The van der Waals surface area contributed by atoms with Crippen LogP contribution in [0.1, 0.15) is 12.5 Å². The Morgan fingerprint density at radius 3 is 2.47 bits per heavy atom. The van der Waals surface area contributed by atoms with Crippen molar-refractivity contribution in [1.82, 2.24) is 0 Å². The maximum Gasteiger partial charge on any atom is 0.0629 e. The van der Waals surface area contributed by atoms with E-state index in [9.17, 15) is 0 Å². The van der Waals surface area contributed by atoms with Gasteiger partial charge in [-0.1, -0.05) is 43.3 Å². The number of hydrogen-bond acceptors (Lipinski definition) is 2. The van der Waals surface area contributed by atoms with Crippen LogP contribution in [-0.2, 0) is 0 Å². The van der Waals surface area contributed by atoms with E-state index in [2.05, 4.69) is 30.1 Å². The largest absolute Gasteiger partial charge is 0.256 e. The van der Waals surface area contributed by atoms with E-state index in [1.54, 1.807) is 0 Å². The summed E-state index contributed by atoms with van der Waals surface area (Å²) in [6.45, 7) is 2.16. The van der Waals surface area contributed by atoms with Gasteiger partial charge in [-0.25, -0.2) is 0 Å². The molecule has 0 radical (unpaired) electrons. The average molecular weight is 241 g/mol. The molecule has 0 heterocycles. The second kappa shape index (κ2) is 6.26. The zero-order valence-corrected chi connectivity index (χ0v) is 10.7. The van der Waals surface area contributed by atoms with Gasteiger partial charge < -0.3 is 0 Å². The van der Waals surface area contributed by atoms with Crippen LogP contribution in [0.3, 0.4) is 0 Å². The molecule has 0 aromatic heterocycles. The molecule has 0 N–H and O–H groups in total. The molecular weight excluding hydrogens is 226 g/mol. The van der Waals surface area contributed by atoms with Crippen molar-refractivity contribution >= 4 is 23.7 Å². The van der Waals surface area contributed by atoms with Crippen molar-refractivity contribution in [3.05, 3.63) is 60.2 Å². The van der Waals surface area contributed by atoms with Gasteiger partial charge in [0.15, 0.2) is 0 Å². The van der Waals surface area contributed by atoms with Gasteiger partial charge in [-0.15, -0.1) is 11.8 Å². The van der Waals surface area contributed by atoms with Gasteiger partial charge in [0.2, 0.25) is 0 Å². The highest BCUT2D eigenvalue weighted by Gasteiger charge is 1.97. The lowest BCUT2D eigenvalue weighted by molar-refractivity contribution is 1.40. The highest BCUT2D eigenvalue weighted by Crippen LogP contribution is 2.21. The van der Waals surface area contributed by atoms with E-state index in [1.807, 2.05) is 54.4 Å². The summed E-state index contributed by atoms with van der Waals surface area (Å²) in [6, 6.07) is 18.4. The van der Waals surface area contributed by atoms with Gasteiger partial charge in [-0.2, -0.15) is 0 Å². The first-order chi connectivity index (χ1) is 8.40. The summed E-state index contributed by atoms with van der Waals surface area (Å²) >= 11 is 1.85. The van der Waals surface area contributed by atoms with Crippen LogP contribution in [-0.4, -0.2) is 12.0 Å². The molecule has 0 aliphatic carbocycles. The summed E-state index contributed by atoms with van der Waals surface area (Å²) in [6.07, 6.45) is 1.94. The van der Waals surface area contributed by atoms with Crippen LogP contribution < -0.4 is 0 Å². The standard InChI is InChI=1S/C15H15NS/c1-2-17-15-11-7-6-8-13(15)12-16-14-9-4-3-5-10-14/h3-12H,2H2,1H3. The minimum Gasteiger partial charge on any atom is -0.256 e. The molecule has 0 spiro atoms. The molecule has 2 rings (SSSR count). The minimum atomic E-state index is 0.990. The van der Waals surface area contributed by atoms with Crippen molar-refractivity contribution in [2.75, 3.05) is 5.75 Å². The average Bonchev–Trinajstić information content (AvgIpc) is 2.39. The van der Waals surface area contributed by atoms with Gasteiger partial charge in [0, 0.05) is 16.7 Å². The van der Waals surface area contributed by atoms with Crippen LogP contribution in [0, 0.1) is 0 Å². The molecule has 0 saturated carbocycles. The fourth-order valence-corrected chi connectivity index (χ4v) is 2.31. The topological polar surface area (TPSA) is 12.4 Å². The van der Waals surface area contributed by atoms with E-state index in [0.717, 1.165) is 11.4 Å². The van der Waals surface area contributed by atoms with Gasteiger partial charge in [-0.05, 0) is 24.0 Å². The Bertz CT molecular complexity index is 491. The van der Waals surface area contributed by atoms with Crippen LogP contribution in [0.2, 0.25) is 0 Å². The molecule has 17 heavy (non-hydrogen) atoms. The molecule has 2 aromatic rings. The normalized spacial score (nSPS) is 10.9. The van der Waals surface area contributed by atoms with Gasteiger partial charge in [-0.3, -0.25) is 4.99 Å². The number of hydrogen-bond donors (Lipinski definition) is 0. The van der Waals surface area contributed by atoms with Crippen molar-refractivity contribution in [1.29, 1.82) is 0 Å². The van der Waals surface area contributed by atoms with E-state index >= 15 is 0 Å². The molecule has 0 aliphatic rings. The summed E-state index contributed by atoms with van der Waals surface area (Å²) in [5.41, 5.74) is 2.17. The highest BCUT2D eigenvalue weighted by molar-refractivity contribution is 7.99. The fraction of sp³-hybridized carbons (Fsp3) is 0.133. The molecule has 0 amide bonds. The van der Waals surface area contributed by atoms with Crippen molar-refractivity contribution < 1.29 is 0 Å². The SMILES string of the molecule is CCSc1ccccc1C=Nc1ccccc1. The van der Waals surface area contributed by atoms with Crippen LogP contribution in [0.15, 0.2) is 64.5 Å². The van der Waals surface area contributed by atoms with Crippen LogP contribution in [0.5, 0.6) is 0 Å². The summed E-state index contributed by atoms with van der Waals surface area (Å²) in [5, 5.41) is 0. The van der Waals surface area contributed by atoms with Gasteiger partial charge >= 0.3 is 0 Å². The van der Waals surface area contributed by atoms with Gasteiger partial charge in [0.1, 0.15) is 0 Å². The monoisotopic (exact) mass is 241 g/mol. The second-order valence-electron chi connectivity index (χ2n) is 3.56. The summed E-state index contributed by atoms with van der Waals surface area (Å²) in [5.74, 6) is 1.08. The Hall–Kier alpha value is -1.54. The Morgan fingerprint density at radius 2 is 1.71 bits per heavy atom. The number of aliphatic imine (C=N–C) groups is 1.